The lowest BCUT2D eigenvalue weighted by Crippen LogP contribution is -2.61. The number of aliphatic carboxylic acids is 2. The van der Waals surface area contributed by atoms with Crippen LogP contribution >= 0.6 is 0 Å². The Kier molecular flexibility index (Phi) is 17.0. The van der Waals surface area contributed by atoms with E-state index in [1.807, 2.05) is 69.3 Å². The molecule has 2 aromatic heterocycles. The summed E-state index contributed by atoms with van der Waals surface area (Å²) < 4.78 is 0. The second-order valence-corrected chi connectivity index (χ2v) is 16.2. The smallest absolute Gasteiger partial charge is 0.326 e. The SMILES string of the molecule is CCC(C)C(N)C(=O)NC(C(=O)NC(Cc1c[nH]c2ccccc12)C(=O)N[C@H](Cc1c[nH]c2ccccc12)C(=O)NC(CC(C)C)C(=O)NC(CC(=O)O)C(=O)O)C(C)CC. The summed E-state index contributed by atoms with van der Waals surface area (Å²) in [7, 11) is 0. The molecule has 7 unspecified atom stereocenters. The Morgan fingerprint density at radius 3 is 1.49 bits per heavy atom. The number of hydrogen-bond acceptors (Lipinski definition) is 8. The summed E-state index contributed by atoms with van der Waals surface area (Å²) in [5, 5.41) is 33.8. The highest BCUT2D eigenvalue weighted by Crippen LogP contribution is 2.22. The fraction of sp³-hybridized carbons (Fsp3) is 0.477. The van der Waals surface area contributed by atoms with Crippen LogP contribution in [-0.2, 0) is 46.4 Å². The predicted molar refractivity (Wildman–Crippen MR) is 230 cm³/mol. The van der Waals surface area contributed by atoms with Gasteiger partial charge in [0.15, 0.2) is 0 Å². The van der Waals surface area contributed by atoms with Crippen molar-refractivity contribution in [1.29, 1.82) is 0 Å². The minimum atomic E-state index is -1.76. The minimum Gasteiger partial charge on any atom is -0.481 e. The Hall–Kier alpha value is -6.23. The van der Waals surface area contributed by atoms with Crippen LogP contribution in [0.4, 0.5) is 0 Å². The number of carboxylic acid groups (broad SMARTS) is 2. The predicted octanol–water partition coefficient (Wildman–Crippen LogP) is 2.88. The molecular weight excluding hydrogens is 785 g/mol. The number of amides is 5. The van der Waals surface area contributed by atoms with Crippen LogP contribution < -0.4 is 32.3 Å². The number of fused-ring (bicyclic) bond motifs is 2. The highest BCUT2D eigenvalue weighted by molar-refractivity contribution is 5.98. The lowest BCUT2D eigenvalue weighted by Gasteiger charge is -2.29. The van der Waals surface area contributed by atoms with Crippen LogP contribution in [-0.4, -0.2) is 97.9 Å². The van der Waals surface area contributed by atoms with Gasteiger partial charge in [-0.1, -0.05) is 90.8 Å². The van der Waals surface area contributed by atoms with E-state index >= 15 is 0 Å². The van der Waals surface area contributed by atoms with Crippen molar-refractivity contribution in [2.24, 2.45) is 23.5 Å². The van der Waals surface area contributed by atoms with Gasteiger partial charge in [-0.2, -0.15) is 0 Å². The topological polar surface area (TPSA) is 278 Å². The maximum absolute atomic E-state index is 14.7. The molecule has 5 amide bonds. The van der Waals surface area contributed by atoms with E-state index in [0.29, 0.717) is 24.0 Å². The van der Waals surface area contributed by atoms with Crippen LogP contribution in [0, 0.1) is 17.8 Å². The summed E-state index contributed by atoms with van der Waals surface area (Å²) >= 11 is 0. The normalized spacial score (nSPS) is 15.4. The zero-order valence-electron chi connectivity index (χ0n) is 35.5. The lowest BCUT2D eigenvalue weighted by molar-refractivity contribution is -0.147. The van der Waals surface area contributed by atoms with Gasteiger partial charge in [0.05, 0.1) is 12.5 Å². The Labute approximate surface area is 354 Å². The molecule has 0 saturated carbocycles. The molecule has 330 valence electrons. The van der Waals surface area contributed by atoms with E-state index in [2.05, 4.69) is 36.6 Å². The standard InChI is InChI=1S/C44H60N8O9/c1-7-24(5)37(45)42(58)52-38(25(6)8-2)43(59)50-34(19-27-22-47-31-16-12-10-14-29(27)31)41(57)49-33(18-26-21-46-30-15-11-9-13-28(26)30)40(56)48-32(17-23(3)4)39(55)51-35(44(60)61)20-36(53)54/h9-16,21-25,32-35,37-38,46-47H,7-8,17-20,45H2,1-6H3,(H,48,56)(H,49,57)(H,50,59)(H,51,55)(H,52,58)(H,53,54)(H,60,61)/t24?,25?,32?,33-,34?,35?,37?,38?/m1/s1. The second kappa shape index (κ2) is 21.9. The summed E-state index contributed by atoms with van der Waals surface area (Å²) in [4.78, 5) is 99.6. The van der Waals surface area contributed by atoms with Gasteiger partial charge in [0.1, 0.15) is 30.2 Å². The van der Waals surface area contributed by atoms with Crippen molar-refractivity contribution in [3.63, 3.8) is 0 Å². The van der Waals surface area contributed by atoms with E-state index in [9.17, 15) is 43.8 Å². The van der Waals surface area contributed by atoms with Gasteiger partial charge >= 0.3 is 11.9 Å². The molecule has 61 heavy (non-hydrogen) atoms. The maximum Gasteiger partial charge on any atom is 0.326 e. The first-order chi connectivity index (χ1) is 28.9. The third-order valence-electron chi connectivity index (χ3n) is 11.2. The highest BCUT2D eigenvalue weighted by Gasteiger charge is 2.35. The van der Waals surface area contributed by atoms with Crippen LogP contribution in [0.1, 0.15) is 78.4 Å². The van der Waals surface area contributed by atoms with E-state index in [0.717, 1.165) is 21.8 Å². The number of benzene rings is 2. The molecule has 8 atom stereocenters. The van der Waals surface area contributed by atoms with Gasteiger partial charge in [-0.25, -0.2) is 4.79 Å². The first kappa shape index (κ1) is 47.4. The highest BCUT2D eigenvalue weighted by atomic mass is 16.4. The minimum absolute atomic E-state index is 0.0187. The molecule has 0 aliphatic carbocycles. The van der Waals surface area contributed by atoms with Crippen molar-refractivity contribution in [1.82, 2.24) is 36.6 Å². The molecule has 2 aromatic carbocycles. The first-order valence-corrected chi connectivity index (χ1v) is 20.8. The molecular formula is C44H60N8O9. The molecule has 0 saturated heterocycles. The van der Waals surface area contributed by atoms with Gasteiger partial charge in [0, 0.05) is 47.0 Å². The Balaban J connectivity index is 1.71. The van der Waals surface area contributed by atoms with Crippen molar-refractivity contribution in [2.75, 3.05) is 0 Å². The zero-order valence-corrected chi connectivity index (χ0v) is 35.5. The quantitative estimate of drug-likeness (QED) is 0.0521. The third kappa shape index (κ3) is 12.9. The number of carbonyl (C=O) groups excluding carboxylic acids is 5. The van der Waals surface area contributed by atoms with Gasteiger partial charge < -0.3 is 52.5 Å². The fourth-order valence-corrected chi connectivity index (χ4v) is 7.08. The Bertz CT molecular complexity index is 2180. The number of H-pyrrole nitrogens is 2. The van der Waals surface area contributed by atoms with Crippen molar-refractivity contribution >= 4 is 63.3 Å². The number of carbonyl (C=O) groups is 7. The maximum atomic E-state index is 14.7. The molecule has 0 spiro atoms. The number of rotatable bonds is 23. The average Bonchev–Trinajstić information content (AvgIpc) is 3.83. The number of para-hydroxylation sites is 2. The van der Waals surface area contributed by atoms with E-state index in [4.69, 9.17) is 5.73 Å². The number of aromatic nitrogens is 2. The molecule has 11 N–H and O–H groups in total. The number of carboxylic acids is 2. The van der Waals surface area contributed by atoms with Crippen LogP contribution in [0.2, 0.25) is 0 Å². The lowest BCUT2D eigenvalue weighted by atomic mass is 9.94. The molecule has 0 radical (unpaired) electrons. The average molecular weight is 845 g/mol. The van der Waals surface area contributed by atoms with Crippen LogP contribution in [0.3, 0.4) is 0 Å². The largest absolute Gasteiger partial charge is 0.481 e. The van der Waals surface area contributed by atoms with E-state index < -0.39 is 84.1 Å². The van der Waals surface area contributed by atoms with Crippen molar-refractivity contribution in [2.45, 2.75) is 116 Å². The molecule has 17 nitrogen and oxygen atoms in total. The summed E-state index contributed by atoms with van der Waals surface area (Å²) in [6.07, 6.45) is 3.66. The van der Waals surface area contributed by atoms with Crippen LogP contribution in [0.25, 0.3) is 21.8 Å². The molecule has 0 aliphatic rings. The monoisotopic (exact) mass is 844 g/mol. The van der Waals surface area contributed by atoms with Crippen molar-refractivity contribution in [3.05, 3.63) is 72.1 Å². The van der Waals surface area contributed by atoms with Gasteiger partial charge in [-0.05, 0) is 47.4 Å². The van der Waals surface area contributed by atoms with Crippen molar-refractivity contribution in [3.8, 4) is 0 Å². The van der Waals surface area contributed by atoms with Crippen LogP contribution in [0.5, 0.6) is 0 Å². The molecule has 17 heteroatoms. The third-order valence-corrected chi connectivity index (χ3v) is 11.2. The van der Waals surface area contributed by atoms with Gasteiger partial charge in [0.2, 0.25) is 29.5 Å². The van der Waals surface area contributed by atoms with Crippen molar-refractivity contribution < 1.29 is 43.8 Å². The molecule has 0 fully saturated rings. The molecule has 0 aliphatic heterocycles. The first-order valence-electron chi connectivity index (χ1n) is 20.8. The number of hydrogen-bond donors (Lipinski definition) is 10. The molecule has 4 aromatic rings. The Morgan fingerprint density at radius 1 is 0.590 bits per heavy atom. The number of aromatic amines is 2. The Morgan fingerprint density at radius 2 is 1.03 bits per heavy atom. The van der Waals surface area contributed by atoms with Gasteiger partial charge in [-0.3, -0.25) is 28.8 Å². The summed E-state index contributed by atoms with van der Waals surface area (Å²) in [6, 6.07) is 7.17. The van der Waals surface area contributed by atoms with E-state index in [1.165, 1.54) is 0 Å². The summed E-state index contributed by atoms with van der Waals surface area (Å²) in [5.41, 5.74) is 9.16. The summed E-state index contributed by atoms with van der Waals surface area (Å²) in [6.45, 7) is 11.0. The molecule has 4 rings (SSSR count). The molecule has 2 heterocycles. The summed E-state index contributed by atoms with van der Waals surface area (Å²) in [5.74, 6) is -7.26. The fourth-order valence-electron chi connectivity index (χ4n) is 7.08. The van der Waals surface area contributed by atoms with Crippen LogP contribution in [0.15, 0.2) is 60.9 Å². The zero-order chi connectivity index (χ0) is 45.0. The number of nitrogens with two attached hydrogens (primary N) is 1. The van der Waals surface area contributed by atoms with E-state index in [1.54, 1.807) is 33.2 Å². The van der Waals surface area contributed by atoms with Gasteiger partial charge in [-0.15, -0.1) is 0 Å². The number of nitrogens with one attached hydrogen (secondary N) is 7. The van der Waals surface area contributed by atoms with E-state index in [-0.39, 0.29) is 37.0 Å². The van der Waals surface area contributed by atoms with Gasteiger partial charge in [0.25, 0.3) is 0 Å². The second-order valence-electron chi connectivity index (χ2n) is 16.2. The molecule has 0 bridgehead atoms.